The lowest BCUT2D eigenvalue weighted by molar-refractivity contribution is -0.118. The summed E-state index contributed by atoms with van der Waals surface area (Å²) in [7, 11) is 0. The van der Waals surface area contributed by atoms with Gasteiger partial charge in [0.15, 0.2) is 5.78 Å². The van der Waals surface area contributed by atoms with E-state index in [4.69, 9.17) is 4.74 Å². The number of carbonyl (C=O) groups is 1. The summed E-state index contributed by atoms with van der Waals surface area (Å²) < 4.78 is 5.45. The Morgan fingerprint density at radius 3 is 2.52 bits per heavy atom. The molecule has 2 nitrogen and oxygen atoms in total. The lowest BCUT2D eigenvalue weighted by atomic mass is 9.83. The predicted molar refractivity (Wildman–Crippen MR) is 87.5 cm³/mol. The van der Waals surface area contributed by atoms with Gasteiger partial charge in [-0.3, -0.25) is 4.79 Å². The summed E-state index contributed by atoms with van der Waals surface area (Å²) in [5.74, 6) is 1.46. The van der Waals surface area contributed by atoms with Crippen LogP contribution in [0.5, 0.6) is 5.75 Å². The van der Waals surface area contributed by atoms with Gasteiger partial charge in [0.1, 0.15) is 5.75 Å². The maximum atomic E-state index is 12.2. The smallest absolute Gasteiger partial charge is 0.159 e. The zero-order valence-corrected chi connectivity index (χ0v) is 13.2. The standard InChI is InChI=1S/C19H26O2/c1-3-5-6-7-16-8-9-17(14-19(16)20)15-10-12-18(13-11-15)21-4-2/h10-14,16H,3-9H2,1-2H3/t16-/m0/s1. The van der Waals surface area contributed by atoms with E-state index in [0.717, 1.165) is 30.6 Å². The van der Waals surface area contributed by atoms with Crippen LogP contribution in [0.3, 0.4) is 0 Å². The van der Waals surface area contributed by atoms with Crippen molar-refractivity contribution in [3.8, 4) is 5.75 Å². The highest BCUT2D eigenvalue weighted by Gasteiger charge is 2.22. The van der Waals surface area contributed by atoms with E-state index in [1.807, 2.05) is 25.1 Å². The van der Waals surface area contributed by atoms with Gasteiger partial charge in [-0.25, -0.2) is 0 Å². The highest BCUT2D eigenvalue weighted by molar-refractivity contribution is 5.99. The highest BCUT2D eigenvalue weighted by Crippen LogP contribution is 2.31. The molecule has 1 aliphatic rings. The zero-order chi connectivity index (χ0) is 15.1. The van der Waals surface area contributed by atoms with Gasteiger partial charge in [0.05, 0.1) is 6.61 Å². The van der Waals surface area contributed by atoms with Crippen LogP contribution >= 0.6 is 0 Å². The van der Waals surface area contributed by atoms with Gasteiger partial charge in [0, 0.05) is 5.92 Å². The van der Waals surface area contributed by atoms with Crippen LogP contribution in [0.4, 0.5) is 0 Å². The Bertz CT molecular complexity index is 485. The van der Waals surface area contributed by atoms with Gasteiger partial charge in [0.2, 0.25) is 0 Å². The van der Waals surface area contributed by atoms with Crippen molar-refractivity contribution < 1.29 is 9.53 Å². The Kier molecular flexibility index (Phi) is 6.04. The molecule has 0 heterocycles. The summed E-state index contributed by atoms with van der Waals surface area (Å²) >= 11 is 0. The number of hydrogen-bond donors (Lipinski definition) is 0. The number of rotatable bonds is 7. The molecule has 0 aliphatic heterocycles. The van der Waals surface area contributed by atoms with Gasteiger partial charge in [-0.2, -0.15) is 0 Å². The highest BCUT2D eigenvalue weighted by atomic mass is 16.5. The molecule has 1 aromatic rings. The fourth-order valence-corrected chi connectivity index (χ4v) is 2.92. The van der Waals surface area contributed by atoms with Gasteiger partial charge in [0.25, 0.3) is 0 Å². The number of hydrogen-bond acceptors (Lipinski definition) is 2. The molecule has 1 aliphatic carbocycles. The third-order valence-electron chi connectivity index (χ3n) is 4.17. The van der Waals surface area contributed by atoms with E-state index in [0.29, 0.717) is 12.4 Å². The minimum Gasteiger partial charge on any atom is -0.494 e. The third-order valence-corrected chi connectivity index (χ3v) is 4.17. The molecule has 21 heavy (non-hydrogen) atoms. The van der Waals surface area contributed by atoms with Crippen LogP contribution in [0.1, 0.15) is 57.9 Å². The molecular formula is C19H26O2. The largest absolute Gasteiger partial charge is 0.494 e. The van der Waals surface area contributed by atoms with Crippen LogP contribution < -0.4 is 4.74 Å². The molecule has 0 radical (unpaired) electrons. The Labute approximate surface area is 128 Å². The van der Waals surface area contributed by atoms with Gasteiger partial charge in [-0.15, -0.1) is 0 Å². The van der Waals surface area contributed by atoms with Gasteiger partial charge < -0.3 is 4.74 Å². The van der Waals surface area contributed by atoms with Crippen molar-refractivity contribution in [1.29, 1.82) is 0 Å². The van der Waals surface area contributed by atoms with Crippen LogP contribution in [-0.2, 0) is 4.79 Å². The molecule has 0 unspecified atom stereocenters. The molecule has 1 atom stereocenters. The van der Waals surface area contributed by atoms with E-state index < -0.39 is 0 Å². The van der Waals surface area contributed by atoms with Crippen molar-refractivity contribution >= 4 is 11.4 Å². The minimum absolute atomic E-state index is 0.253. The molecule has 0 aromatic heterocycles. The fraction of sp³-hybridized carbons (Fsp3) is 0.526. The molecule has 0 fully saturated rings. The summed E-state index contributed by atoms with van der Waals surface area (Å²) in [5, 5.41) is 0. The first-order valence-corrected chi connectivity index (χ1v) is 8.22. The molecular weight excluding hydrogens is 260 g/mol. The van der Waals surface area contributed by atoms with Gasteiger partial charge >= 0.3 is 0 Å². The maximum absolute atomic E-state index is 12.2. The Balaban J connectivity index is 1.98. The Hall–Kier alpha value is -1.57. The fourth-order valence-electron chi connectivity index (χ4n) is 2.92. The molecule has 0 saturated carbocycles. The van der Waals surface area contributed by atoms with E-state index in [2.05, 4.69) is 19.1 Å². The second kappa shape index (κ2) is 8.02. The Morgan fingerprint density at radius 2 is 1.90 bits per heavy atom. The lowest BCUT2D eigenvalue weighted by Crippen LogP contribution is -2.17. The first-order valence-electron chi connectivity index (χ1n) is 8.22. The van der Waals surface area contributed by atoms with Crippen molar-refractivity contribution in [3.05, 3.63) is 35.9 Å². The zero-order valence-electron chi connectivity index (χ0n) is 13.2. The van der Waals surface area contributed by atoms with E-state index in [1.54, 1.807) is 0 Å². The van der Waals surface area contributed by atoms with Crippen LogP contribution in [0.25, 0.3) is 5.57 Å². The molecule has 0 amide bonds. The van der Waals surface area contributed by atoms with Crippen molar-refractivity contribution in [2.75, 3.05) is 6.61 Å². The number of ether oxygens (including phenoxy) is 1. The summed E-state index contributed by atoms with van der Waals surface area (Å²) in [5.41, 5.74) is 2.33. The quantitative estimate of drug-likeness (QED) is 0.657. The van der Waals surface area contributed by atoms with E-state index in [9.17, 15) is 4.79 Å². The summed E-state index contributed by atoms with van der Waals surface area (Å²) in [6.07, 6.45) is 8.57. The lowest BCUT2D eigenvalue weighted by Gasteiger charge is -2.21. The molecule has 0 spiro atoms. The first-order chi connectivity index (χ1) is 10.2. The van der Waals surface area contributed by atoms with E-state index in [-0.39, 0.29) is 5.92 Å². The summed E-state index contributed by atoms with van der Waals surface area (Å²) in [6, 6.07) is 8.08. The SMILES string of the molecule is CCCCC[C@H]1CCC(c2ccc(OCC)cc2)=CC1=O. The molecule has 2 heteroatoms. The molecule has 0 N–H and O–H groups in total. The molecule has 2 rings (SSSR count). The van der Waals surface area contributed by atoms with Gasteiger partial charge in [-0.05, 0) is 55.5 Å². The van der Waals surface area contributed by atoms with Crippen LogP contribution in [0, 0.1) is 5.92 Å². The van der Waals surface area contributed by atoms with Crippen molar-refractivity contribution in [2.45, 2.75) is 52.4 Å². The van der Waals surface area contributed by atoms with E-state index in [1.165, 1.54) is 24.8 Å². The van der Waals surface area contributed by atoms with Crippen LogP contribution in [0.15, 0.2) is 30.3 Å². The minimum atomic E-state index is 0.253. The second-order valence-electron chi connectivity index (χ2n) is 5.76. The second-order valence-corrected chi connectivity index (χ2v) is 5.76. The van der Waals surface area contributed by atoms with Crippen LogP contribution in [0.2, 0.25) is 0 Å². The normalized spacial score (nSPS) is 18.5. The average molecular weight is 286 g/mol. The number of allylic oxidation sites excluding steroid dienone is 2. The molecule has 0 saturated heterocycles. The number of carbonyl (C=O) groups excluding carboxylic acids is 1. The number of ketones is 1. The predicted octanol–water partition coefficient (Wildman–Crippen LogP) is 5.03. The topological polar surface area (TPSA) is 26.3 Å². The van der Waals surface area contributed by atoms with E-state index >= 15 is 0 Å². The third kappa shape index (κ3) is 4.45. The first kappa shape index (κ1) is 15.8. The summed E-state index contributed by atoms with van der Waals surface area (Å²) in [6.45, 7) is 4.86. The number of benzene rings is 1. The molecule has 114 valence electrons. The summed E-state index contributed by atoms with van der Waals surface area (Å²) in [4.78, 5) is 12.2. The maximum Gasteiger partial charge on any atom is 0.159 e. The number of unbranched alkanes of at least 4 members (excludes halogenated alkanes) is 2. The van der Waals surface area contributed by atoms with Crippen molar-refractivity contribution in [2.24, 2.45) is 5.92 Å². The van der Waals surface area contributed by atoms with Crippen molar-refractivity contribution in [1.82, 2.24) is 0 Å². The Morgan fingerprint density at radius 1 is 1.14 bits per heavy atom. The molecule has 1 aromatic carbocycles. The molecule has 0 bridgehead atoms. The van der Waals surface area contributed by atoms with Crippen LogP contribution in [-0.4, -0.2) is 12.4 Å². The average Bonchev–Trinajstić information content (AvgIpc) is 2.50. The van der Waals surface area contributed by atoms with Gasteiger partial charge in [-0.1, -0.05) is 38.3 Å². The monoisotopic (exact) mass is 286 g/mol. The van der Waals surface area contributed by atoms with Crippen molar-refractivity contribution in [3.63, 3.8) is 0 Å².